The summed E-state index contributed by atoms with van der Waals surface area (Å²) < 4.78 is 0. The number of carbonyl (C=O) groups is 1. The smallest absolute Gasteiger partial charge is 0.275 e. The molecule has 1 amide bonds. The van der Waals surface area contributed by atoms with E-state index in [1.165, 1.54) is 0 Å². The normalized spacial score (nSPS) is 12.8. The molecule has 23 heavy (non-hydrogen) atoms. The van der Waals surface area contributed by atoms with Crippen LogP contribution in [-0.2, 0) is 0 Å². The number of benzene rings is 1. The van der Waals surface area contributed by atoms with Crippen molar-refractivity contribution in [2.24, 2.45) is 5.41 Å². The van der Waals surface area contributed by atoms with Crippen molar-refractivity contribution >= 4 is 11.6 Å². The Morgan fingerprint density at radius 3 is 2.39 bits per heavy atom. The first-order valence-corrected chi connectivity index (χ1v) is 7.67. The van der Waals surface area contributed by atoms with Crippen molar-refractivity contribution in [1.82, 2.24) is 5.32 Å². The SMILES string of the molecule is Cc1cc(C)c([N+](=O)[O-])c(C)c1C(=O)NCC(C)(C)CC(C)O. The summed E-state index contributed by atoms with van der Waals surface area (Å²) in [5.41, 5.74) is 1.74. The molecule has 6 heteroatoms. The maximum Gasteiger partial charge on any atom is 0.275 e. The molecule has 0 aliphatic rings. The van der Waals surface area contributed by atoms with Crippen LogP contribution in [0.4, 0.5) is 5.69 Å². The summed E-state index contributed by atoms with van der Waals surface area (Å²) in [5, 5.41) is 23.6. The number of hydrogen-bond donors (Lipinski definition) is 2. The number of aryl methyl sites for hydroxylation is 2. The molecule has 0 spiro atoms. The number of nitrogens with zero attached hydrogens (tertiary/aromatic N) is 1. The number of aliphatic hydroxyl groups is 1. The summed E-state index contributed by atoms with van der Waals surface area (Å²) in [6, 6.07) is 1.67. The highest BCUT2D eigenvalue weighted by Gasteiger charge is 2.26. The number of hydrogen-bond acceptors (Lipinski definition) is 4. The van der Waals surface area contributed by atoms with E-state index in [2.05, 4.69) is 5.32 Å². The number of amides is 1. The minimum atomic E-state index is -0.453. The van der Waals surface area contributed by atoms with Gasteiger partial charge in [0.05, 0.1) is 16.6 Å². The average molecular weight is 322 g/mol. The maximum atomic E-state index is 12.5. The Kier molecular flexibility index (Phi) is 5.88. The van der Waals surface area contributed by atoms with Gasteiger partial charge in [0.2, 0.25) is 0 Å². The van der Waals surface area contributed by atoms with E-state index < -0.39 is 11.0 Å². The molecule has 128 valence electrons. The molecule has 1 rings (SSSR count). The van der Waals surface area contributed by atoms with Crippen molar-refractivity contribution in [3.63, 3.8) is 0 Å². The molecule has 1 atom stereocenters. The van der Waals surface area contributed by atoms with Gasteiger partial charge in [-0.2, -0.15) is 0 Å². The van der Waals surface area contributed by atoms with E-state index in [4.69, 9.17) is 0 Å². The molecule has 0 saturated carbocycles. The fraction of sp³-hybridized carbons (Fsp3) is 0.588. The Hall–Kier alpha value is -1.95. The number of rotatable bonds is 6. The highest BCUT2D eigenvalue weighted by atomic mass is 16.6. The average Bonchev–Trinajstić information content (AvgIpc) is 2.33. The molecule has 6 nitrogen and oxygen atoms in total. The van der Waals surface area contributed by atoms with E-state index in [-0.39, 0.29) is 17.0 Å². The van der Waals surface area contributed by atoms with Gasteiger partial charge in [-0.25, -0.2) is 0 Å². The molecular weight excluding hydrogens is 296 g/mol. The zero-order valence-electron chi connectivity index (χ0n) is 14.7. The highest BCUT2D eigenvalue weighted by Crippen LogP contribution is 2.29. The van der Waals surface area contributed by atoms with Crippen molar-refractivity contribution in [1.29, 1.82) is 0 Å². The van der Waals surface area contributed by atoms with Crippen molar-refractivity contribution in [3.8, 4) is 0 Å². The Morgan fingerprint density at radius 1 is 1.35 bits per heavy atom. The van der Waals surface area contributed by atoms with Crippen LogP contribution in [-0.4, -0.2) is 28.6 Å². The lowest BCUT2D eigenvalue weighted by atomic mass is 9.86. The number of nitro benzene ring substituents is 1. The van der Waals surface area contributed by atoms with Gasteiger partial charge in [0.1, 0.15) is 0 Å². The topological polar surface area (TPSA) is 92.5 Å². The predicted molar refractivity (Wildman–Crippen MR) is 89.7 cm³/mol. The second kappa shape index (κ2) is 7.08. The minimum absolute atomic E-state index is 0.0102. The van der Waals surface area contributed by atoms with Crippen LogP contribution in [0, 0.1) is 36.3 Å². The van der Waals surface area contributed by atoms with Crippen LogP contribution >= 0.6 is 0 Å². The van der Waals surface area contributed by atoms with Crippen LogP contribution in [0.1, 0.15) is 54.2 Å². The second-order valence-electron chi connectivity index (χ2n) is 7.02. The Balaban J connectivity index is 3.06. The highest BCUT2D eigenvalue weighted by molar-refractivity contribution is 5.98. The maximum absolute atomic E-state index is 12.5. The van der Waals surface area contributed by atoms with Crippen molar-refractivity contribution in [3.05, 3.63) is 38.4 Å². The van der Waals surface area contributed by atoms with Crippen molar-refractivity contribution in [2.45, 2.75) is 54.1 Å². The summed E-state index contributed by atoms with van der Waals surface area (Å²) in [4.78, 5) is 23.3. The number of nitrogens with one attached hydrogen (secondary N) is 1. The van der Waals surface area contributed by atoms with E-state index in [0.29, 0.717) is 29.7 Å². The van der Waals surface area contributed by atoms with Crippen LogP contribution in [0.15, 0.2) is 6.07 Å². The zero-order chi connectivity index (χ0) is 17.9. The lowest BCUT2D eigenvalue weighted by Crippen LogP contribution is -2.36. The van der Waals surface area contributed by atoms with Crippen LogP contribution in [0.2, 0.25) is 0 Å². The zero-order valence-corrected chi connectivity index (χ0v) is 14.7. The monoisotopic (exact) mass is 322 g/mol. The molecule has 2 N–H and O–H groups in total. The minimum Gasteiger partial charge on any atom is -0.393 e. The summed E-state index contributed by atoms with van der Waals surface area (Å²) in [5.74, 6) is -0.318. The van der Waals surface area contributed by atoms with Gasteiger partial charge in [-0.05, 0) is 51.2 Å². The largest absolute Gasteiger partial charge is 0.393 e. The molecule has 0 aliphatic carbocycles. The van der Waals surface area contributed by atoms with Gasteiger partial charge in [-0.1, -0.05) is 13.8 Å². The molecule has 1 aromatic carbocycles. The van der Waals surface area contributed by atoms with Crippen molar-refractivity contribution in [2.75, 3.05) is 6.54 Å². The second-order valence-corrected chi connectivity index (χ2v) is 7.02. The van der Waals surface area contributed by atoms with Gasteiger partial charge in [0, 0.05) is 17.7 Å². The molecule has 0 aromatic heterocycles. The lowest BCUT2D eigenvalue weighted by Gasteiger charge is -2.26. The van der Waals surface area contributed by atoms with Gasteiger partial charge in [0.15, 0.2) is 0 Å². The standard InChI is InChI=1S/C17H26N2O4/c1-10-7-11(2)15(19(22)23)13(4)14(10)16(21)18-9-17(5,6)8-12(3)20/h7,12,20H,8-9H2,1-6H3,(H,18,21). The summed E-state index contributed by atoms with van der Waals surface area (Å²) in [6.07, 6.45) is 0.102. The fourth-order valence-corrected chi connectivity index (χ4v) is 3.09. The number of nitro groups is 1. The third-order valence-electron chi connectivity index (χ3n) is 3.92. The van der Waals surface area contributed by atoms with Crippen LogP contribution in [0.5, 0.6) is 0 Å². The number of aliphatic hydroxyl groups excluding tert-OH is 1. The Morgan fingerprint density at radius 2 is 1.91 bits per heavy atom. The third-order valence-corrected chi connectivity index (χ3v) is 3.92. The van der Waals surface area contributed by atoms with Crippen LogP contribution < -0.4 is 5.32 Å². The first-order chi connectivity index (χ1) is 10.5. The molecule has 0 bridgehead atoms. The molecular formula is C17H26N2O4. The summed E-state index contributed by atoms with van der Waals surface area (Å²) in [7, 11) is 0. The van der Waals surface area contributed by atoms with E-state index in [1.807, 2.05) is 13.8 Å². The lowest BCUT2D eigenvalue weighted by molar-refractivity contribution is -0.386. The molecule has 0 aliphatic heterocycles. The van der Waals surface area contributed by atoms with Gasteiger partial charge >= 0.3 is 0 Å². The van der Waals surface area contributed by atoms with Gasteiger partial charge in [-0.15, -0.1) is 0 Å². The van der Waals surface area contributed by atoms with Crippen LogP contribution in [0.3, 0.4) is 0 Å². The van der Waals surface area contributed by atoms with E-state index in [1.54, 1.807) is 33.8 Å². The number of carbonyl (C=O) groups excluding carboxylic acids is 1. The van der Waals surface area contributed by atoms with Gasteiger partial charge in [-0.3, -0.25) is 14.9 Å². The summed E-state index contributed by atoms with van der Waals surface area (Å²) in [6.45, 7) is 11.1. The fourth-order valence-electron chi connectivity index (χ4n) is 3.09. The van der Waals surface area contributed by atoms with E-state index >= 15 is 0 Å². The van der Waals surface area contributed by atoms with Gasteiger partial charge in [0.25, 0.3) is 11.6 Å². The van der Waals surface area contributed by atoms with E-state index in [0.717, 1.165) is 5.56 Å². The van der Waals surface area contributed by atoms with Crippen LogP contribution in [0.25, 0.3) is 0 Å². The Labute approximate surface area is 137 Å². The van der Waals surface area contributed by atoms with Gasteiger partial charge < -0.3 is 10.4 Å². The molecule has 1 unspecified atom stereocenters. The first kappa shape index (κ1) is 19.1. The third kappa shape index (κ3) is 4.76. The molecule has 0 radical (unpaired) electrons. The quantitative estimate of drug-likeness (QED) is 0.622. The first-order valence-electron chi connectivity index (χ1n) is 7.67. The predicted octanol–water partition coefficient (Wildman–Crippen LogP) is 3.05. The van der Waals surface area contributed by atoms with Crippen molar-refractivity contribution < 1.29 is 14.8 Å². The molecule has 1 aromatic rings. The molecule has 0 heterocycles. The molecule has 0 saturated heterocycles. The summed E-state index contributed by atoms with van der Waals surface area (Å²) >= 11 is 0. The molecule has 0 fully saturated rings. The van der Waals surface area contributed by atoms with E-state index in [9.17, 15) is 20.0 Å². The Bertz CT molecular complexity index is 622.